The van der Waals surface area contributed by atoms with Crippen LogP contribution in [-0.4, -0.2) is 29.6 Å². The Hall–Kier alpha value is -0.310. The molecule has 0 bridgehead atoms. The lowest BCUT2D eigenvalue weighted by Crippen LogP contribution is -2.41. The normalized spacial score (nSPS) is 18.1. The number of nitrogens with one attached hydrogen (secondary N) is 1. The zero-order chi connectivity index (χ0) is 10.9. The molecule has 0 aromatic carbocycles. The molecule has 0 aromatic heterocycles. The van der Waals surface area contributed by atoms with E-state index in [1.54, 1.807) is 0 Å². The SMILES string of the molecule is CCCCNC(=S)N1CCCCCCC1. The Morgan fingerprint density at radius 2 is 1.73 bits per heavy atom. The van der Waals surface area contributed by atoms with Gasteiger partial charge in [0.2, 0.25) is 0 Å². The highest BCUT2D eigenvalue weighted by Crippen LogP contribution is 2.10. The third-order valence-corrected chi connectivity index (χ3v) is 3.35. The average molecular weight is 228 g/mol. The first kappa shape index (κ1) is 12.8. The molecule has 1 saturated heterocycles. The van der Waals surface area contributed by atoms with Crippen molar-refractivity contribution in [3.63, 3.8) is 0 Å². The molecule has 0 amide bonds. The Morgan fingerprint density at radius 1 is 1.13 bits per heavy atom. The van der Waals surface area contributed by atoms with Gasteiger partial charge in [0, 0.05) is 19.6 Å². The van der Waals surface area contributed by atoms with Crippen LogP contribution in [0.25, 0.3) is 0 Å². The Bertz CT molecular complexity index is 174. The molecule has 0 spiro atoms. The van der Waals surface area contributed by atoms with Crippen molar-refractivity contribution in [1.82, 2.24) is 10.2 Å². The van der Waals surface area contributed by atoms with Crippen LogP contribution in [0, 0.1) is 0 Å². The van der Waals surface area contributed by atoms with Crippen LogP contribution in [-0.2, 0) is 0 Å². The molecule has 0 aliphatic carbocycles. The summed E-state index contributed by atoms with van der Waals surface area (Å²) in [6.07, 6.45) is 9.20. The molecule has 2 nitrogen and oxygen atoms in total. The number of hydrogen-bond donors (Lipinski definition) is 1. The van der Waals surface area contributed by atoms with E-state index in [-0.39, 0.29) is 0 Å². The van der Waals surface area contributed by atoms with Crippen LogP contribution in [0.4, 0.5) is 0 Å². The van der Waals surface area contributed by atoms with E-state index in [0.29, 0.717) is 0 Å². The predicted octanol–water partition coefficient (Wildman–Crippen LogP) is 2.93. The molecule has 1 heterocycles. The van der Waals surface area contributed by atoms with Crippen LogP contribution >= 0.6 is 12.2 Å². The van der Waals surface area contributed by atoms with E-state index in [2.05, 4.69) is 17.1 Å². The van der Waals surface area contributed by atoms with Crippen molar-refractivity contribution in [2.75, 3.05) is 19.6 Å². The third kappa shape index (κ3) is 5.36. The quantitative estimate of drug-likeness (QED) is 0.590. The predicted molar refractivity (Wildman–Crippen MR) is 70.2 cm³/mol. The van der Waals surface area contributed by atoms with Crippen molar-refractivity contribution in [3.05, 3.63) is 0 Å². The minimum absolute atomic E-state index is 0.977. The molecule has 1 N–H and O–H groups in total. The van der Waals surface area contributed by atoms with Crippen molar-refractivity contribution < 1.29 is 0 Å². The summed E-state index contributed by atoms with van der Waals surface area (Å²) in [6, 6.07) is 0. The average Bonchev–Trinajstić information content (AvgIpc) is 2.17. The summed E-state index contributed by atoms with van der Waals surface area (Å²) in [6.45, 7) is 5.54. The summed E-state index contributed by atoms with van der Waals surface area (Å²) >= 11 is 5.41. The zero-order valence-electron chi connectivity index (χ0n) is 9.93. The largest absolute Gasteiger partial charge is 0.363 e. The van der Waals surface area contributed by atoms with Gasteiger partial charge in [-0.2, -0.15) is 0 Å². The molecular weight excluding hydrogens is 204 g/mol. The van der Waals surface area contributed by atoms with Crippen LogP contribution in [0.5, 0.6) is 0 Å². The molecule has 0 atom stereocenters. The molecule has 1 aliphatic heterocycles. The second-order valence-electron chi connectivity index (χ2n) is 4.34. The van der Waals surface area contributed by atoms with E-state index in [0.717, 1.165) is 24.7 Å². The summed E-state index contributed by atoms with van der Waals surface area (Å²) in [4.78, 5) is 2.35. The number of hydrogen-bond acceptors (Lipinski definition) is 1. The van der Waals surface area contributed by atoms with Crippen molar-refractivity contribution >= 4 is 17.3 Å². The second kappa shape index (κ2) is 7.91. The van der Waals surface area contributed by atoms with Crippen molar-refractivity contribution in [1.29, 1.82) is 0 Å². The Kier molecular flexibility index (Phi) is 6.73. The second-order valence-corrected chi connectivity index (χ2v) is 4.73. The van der Waals surface area contributed by atoms with Gasteiger partial charge in [0.05, 0.1) is 0 Å². The Balaban J connectivity index is 2.22. The first-order valence-corrected chi connectivity index (χ1v) is 6.78. The van der Waals surface area contributed by atoms with Gasteiger partial charge in [-0.25, -0.2) is 0 Å². The lowest BCUT2D eigenvalue weighted by molar-refractivity contribution is 0.357. The highest BCUT2D eigenvalue weighted by molar-refractivity contribution is 7.80. The molecule has 1 rings (SSSR count). The fraction of sp³-hybridized carbons (Fsp3) is 0.917. The molecular formula is C12H24N2S. The summed E-state index contributed by atoms with van der Waals surface area (Å²) < 4.78 is 0. The van der Waals surface area contributed by atoms with Crippen LogP contribution in [0.2, 0.25) is 0 Å². The van der Waals surface area contributed by atoms with Gasteiger partial charge < -0.3 is 10.2 Å². The highest BCUT2D eigenvalue weighted by Gasteiger charge is 2.10. The number of likely N-dealkylation sites (tertiary alicyclic amines) is 1. The van der Waals surface area contributed by atoms with E-state index in [1.807, 2.05) is 0 Å². The highest BCUT2D eigenvalue weighted by atomic mass is 32.1. The maximum Gasteiger partial charge on any atom is 0.168 e. The topological polar surface area (TPSA) is 15.3 Å². The molecule has 0 unspecified atom stereocenters. The molecule has 1 fully saturated rings. The number of nitrogens with zero attached hydrogens (tertiary/aromatic N) is 1. The van der Waals surface area contributed by atoms with E-state index in [4.69, 9.17) is 12.2 Å². The van der Waals surface area contributed by atoms with Crippen LogP contribution in [0.1, 0.15) is 51.9 Å². The molecule has 0 radical (unpaired) electrons. The van der Waals surface area contributed by atoms with Crippen LogP contribution in [0.15, 0.2) is 0 Å². The fourth-order valence-electron chi connectivity index (χ4n) is 1.93. The van der Waals surface area contributed by atoms with Gasteiger partial charge in [0.25, 0.3) is 0 Å². The fourth-order valence-corrected chi connectivity index (χ4v) is 2.22. The summed E-state index contributed by atoms with van der Waals surface area (Å²) in [7, 11) is 0. The van der Waals surface area contributed by atoms with Crippen LogP contribution < -0.4 is 5.32 Å². The van der Waals surface area contributed by atoms with Gasteiger partial charge in [-0.3, -0.25) is 0 Å². The molecule has 3 heteroatoms. The molecule has 88 valence electrons. The van der Waals surface area contributed by atoms with Gasteiger partial charge in [-0.1, -0.05) is 32.6 Å². The third-order valence-electron chi connectivity index (χ3n) is 2.95. The lowest BCUT2D eigenvalue weighted by Gasteiger charge is -2.27. The molecule has 0 aromatic rings. The van der Waals surface area contributed by atoms with Gasteiger partial charge in [-0.05, 0) is 31.5 Å². The maximum absolute atomic E-state index is 5.41. The van der Waals surface area contributed by atoms with Crippen molar-refractivity contribution in [2.45, 2.75) is 51.9 Å². The van der Waals surface area contributed by atoms with Crippen LogP contribution in [0.3, 0.4) is 0 Å². The van der Waals surface area contributed by atoms with Crippen molar-refractivity contribution in [3.8, 4) is 0 Å². The summed E-state index contributed by atoms with van der Waals surface area (Å²) in [5.74, 6) is 0. The van der Waals surface area contributed by atoms with E-state index >= 15 is 0 Å². The molecule has 0 saturated carbocycles. The van der Waals surface area contributed by atoms with E-state index < -0.39 is 0 Å². The van der Waals surface area contributed by atoms with Gasteiger partial charge in [0.15, 0.2) is 5.11 Å². The molecule has 15 heavy (non-hydrogen) atoms. The monoisotopic (exact) mass is 228 g/mol. The smallest absolute Gasteiger partial charge is 0.168 e. The first-order chi connectivity index (χ1) is 7.34. The number of rotatable bonds is 3. The van der Waals surface area contributed by atoms with E-state index in [1.165, 1.54) is 44.9 Å². The zero-order valence-corrected chi connectivity index (χ0v) is 10.7. The minimum Gasteiger partial charge on any atom is -0.363 e. The standard InChI is InChI=1S/C12H24N2S/c1-2-3-9-13-12(15)14-10-7-5-4-6-8-11-14/h2-11H2,1H3,(H,13,15). The number of unbranched alkanes of at least 4 members (excludes halogenated alkanes) is 1. The van der Waals surface area contributed by atoms with Gasteiger partial charge in [0.1, 0.15) is 0 Å². The number of thiocarbonyl (C=S) groups is 1. The minimum atomic E-state index is 0.977. The summed E-state index contributed by atoms with van der Waals surface area (Å²) in [5, 5.41) is 4.34. The molecule has 1 aliphatic rings. The van der Waals surface area contributed by atoms with Crippen molar-refractivity contribution in [2.24, 2.45) is 0 Å². The van der Waals surface area contributed by atoms with E-state index in [9.17, 15) is 0 Å². The lowest BCUT2D eigenvalue weighted by atomic mass is 10.1. The van der Waals surface area contributed by atoms with Gasteiger partial charge >= 0.3 is 0 Å². The maximum atomic E-state index is 5.41. The first-order valence-electron chi connectivity index (χ1n) is 6.37. The van der Waals surface area contributed by atoms with Gasteiger partial charge in [-0.15, -0.1) is 0 Å². The summed E-state index contributed by atoms with van der Waals surface area (Å²) in [5.41, 5.74) is 0. The Labute approximate surface area is 99.4 Å². The Morgan fingerprint density at radius 3 is 2.33 bits per heavy atom.